The van der Waals surface area contributed by atoms with E-state index in [1.54, 1.807) is 12.4 Å². The maximum Gasteiger partial charge on any atom is 0.0640 e. The minimum Gasteiger partial charge on any atom is -0.320 e. The Morgan fingerprint density at radius 2 is 1.94 bits per heavy atom. The van der Waals surface area contributed by atoms with Crippen LogP contribution < -0.4 is 5.73 Å². The number of nitrogens with zero attached hydrogens (tertiary/aromatic N) is 1. The number of hydrogen-bond donors (Lipinski definition) is 1. The van der Waals surface area contributed by atoms with Crippen molar-refractivity contribution >= 4 is 11.6 Å². The Labute approximate surface area is 106 Å². The second-order valence-corrected chi connectivity index (χ2v) is 4.64. The molecule has 88 valence electrons. The number of hydrogen-bond acceptors (Lipinski definition) is 2. The summed E-state index contributed by atoms with van der Waals surface area (Å²) in [5.41, 5.74) is 10.7. The number of benzene rings is 1. The van der Waals surface area contributed by atoms with Crippen molar-refractivity contribution in [2.45, 2.75) is 19.9 Å². The van der Waals surface area contributed by atoms with Crippen molar-refractivity contribution in [2.75, 3.05) is 0 Å². The van der Waals surface area contributed by atoms with E-state index in [4.69, 9.17) is 17.3 Å². The Balaban J connectivity index is 2.47. The van der Waals surface area contributed by atoms with Gasteiger partial charge in [-0.25, -0.2) is 0 Å². The van der Waals surface area contributed by atoms with Gasteiger partial charge in [0.2, 0.25) is 0 Å². The highest BCUT2D eigenvalue weighted by Crippen LogP contribution is 2.27. The molecular weight excluding hydrogens is 232 g/mol. The molecule has 1 aromatic carbocycles. The van der Waals surface area contributed by atoms with E-state index in [0.29, 0.717) is 5.02 Å². The zero-order chi connectivity index (χ0) is 12.4. The number of halogens is 1. The van der Waals surface area contributed by atoms with Crippen LogP contribution in [0.4, 0.5) is 0 Å². The molecule has 0 aliphatic heterocycles. The van der Waals surface area contributed by atoms with Gasteiger partial charge in [-0.15, -0.1) is 0 Å². The van der Waals surface area contributed by atoms with E-state index >= 15 is 0 Å². The van der Waals surface area contributed by atoms with Gasteiger partial charge >= 0.3 is 0 Å². The fourth-order valence-corrected chi connectivity index (χ4v) is 2.14. The molecule has 2 aromatic rings. The van der Waals surface area contributed by atoms with Crippen molar-refractivity contribution in [3.05, 3.63) is 63.9 Å². The fourth-order valence-electron chi connectivity index (χ4n) is 1.90. The lowest BCUT2D eigenvalue weighted by Gasteiger charge is -2.16. The first kappa shape index (κ1) is 12.1. The summed E-state index contributed by atoms with van der Waals surface area (Å²) >= 11 is 6.12. The Hall–Kier alpha value is -1.38. The smallest absolute Gasteiger partial charge is 0.0640 e. The van der Waals surface area contributed by atoms with Gasteiger partial charge in [-0.3, -0.25) is 4.98 Å². The second kappa shape index (κ2) is 4.86. The molecule has 0 saturated carbocycles. The minimum absolute atomic E-state index is 0.203. The molecule has 0 spiro atoms. The van der Waals surface area contributed by atoms with Gasteiger partial charge in [-0.1, -0.05) is 35.4 Å². The van der Waals surface area contributed by atoms with Crippen LogP contribution >= 0.6 is 11.6 Å². The van der Waals surface area contributed by atoms with Crippen LogP contribution in [0, 0.1) is 13.8 Å². The fraction of sp³-hybridized carbons (Fsp3) is 0.214. The average Bonchev–Trinajstić information content (AvgIpc) is 2.32. The lowest BCUT2D eigenvalue weighted by Crippen LogP contribution is -2.14. The van der Waals surface area contributed by atoms with Crippen molar-refractivity contribution < 1.29 is 0 Å². The van der Waals surface area contributed by atoms with Crippen molar-refractivity contribution in [3.8, 4) is 0 Å². The zero-order valence-corrected chi connectivity index (χ0v) is 10.7. The van der Waals surface area contributed by atoms with Crippen LogP contribution in [0.15, 0.2) is 36.7 Å². The number of aromatic nitrogens is 1. The second-order valence-electron chi connectivity index (χ2n) is 4.23. The molecule has 1 unspecified atom stereocenters. The van der Waals surface area contributed by atoms with Crippen LogP contribution in [0.25, 0.3) is 0 Å². The van der Waals surface area contributed by atoms with Gasteiger partial charge in [-0.2, -0.15) is 0 Å². The van der Waals surface area contributed by atoms with Crippen LogP contribution in [0.3, 0.4) is 0 Å². The highest BCUT2D eigenvalue weighted by molar-refractivity contribution is 6.31. The van der Waals surface area contributed by atoms with Gasteiger partial charge in [0.1, 0.15) is 0 Å². The summed E-state index contributed by atoms with van der Waals surface area (Å²) in [5.74, 6) is 0. The molecule has 1 aromatic heterocycles. The summed E-state index contributed by atoms with van der Waals surface area (Å²) in [6.45, 7) is 4.12. The van der Waals surface area contributed by atoms with E-state index in [1.807, 2.05) is 6.07 Å². The summed E-state index contributed by atoms with van der Waals surface area (Å²) in [4.78, 5) is 3.97. The Morgan fingerprint density at radius 1 is 1.18 bits per heavy atom. The van der Waals surface area contributed by atoms with E-state index < -0.39 is 0 Å². The minimum atomic E-state index is -0.203. The average molecular weight is 247 g/mol. The molecule has 3 heteroatoms. The molecule has 0 saturated heterocycles. The molecule has 1 atom stereocenters. The zero-order valence-electron chi connectivity index (χ0n) is 9.94. The molecule has 0 bridgehead atoms. The summed E-state index contributed by atoms with van der Waals surface area (Å²) in [6.07, 6.45) is 3.34. The Morgan fingerprint density at radius 3 is 2.65 bits per heavy atom. The van der Waals surface area contributed by atoms with Gasteiger partial charge < -0.3 is 5.73 Å². The van der Waals surface area contributed by atoms with Crippen molar-refractivity contribution in [1.82, 2.24) is 4.98 Å². The Kier molecular flexibility index (Phi) is 3.46. The first-order chi connectivity index (χ1) is 8.09. The maximum atomic E-state index is 6.27. The number of pyridine rings is 1. The van der Waals surface area contributed by atoms with Crippen LogP contribution in [0.2, 0.25) is 5.02 Å². The third kappa shape index (κ3) is 2.48. The molecule has 2 rings (SSSR count). The van der Waals surface area contributed by atoms with Gasteiger partial charge in [0, 0.05) is 12.4 Å². The van der Waals surface area contributed by atoms with Crippen LogP contribution in [-0.2, 0) is 0 Å². The molecule has 1 heterocycles. The van der Waals surface area contributed by atoms with Gasteiger partial charge in [-0.05, 0) is 36.6 Å². The van der Waals surface area contributed by atoms with Crippen molar-refractivity contribution in [3.63, 3.8) is 0 Å². The van der Waals surface area contributed by atoms with Gasteiger partial charge in [0.25, 0.3) is 0 Å². The molecule has 17 heavy (non-hydrogen) atoms. The van der Waals surface area contributed by atoms with Crippen molar-refractivity contribution in [1.29, 1.82) is 0 Å². The third-order valence-corrected chi connectivity index (χ3v) is 3.22. The van der Waals surface area contributed by atoms with Crippen LogP contribution in [0.5, 0.6) is 0 Å². The summed E-state index contributed by atoms with van der Waals surface area (Å²) < 4.78 is 0. The third-order valence-electron chi connectivity index (χ3n) is 2.91. The van der Waals surface area contributed by atoms with Gasteiger partial charge in [0.15, 0.2) is 0 Å². The summed E-state index contributed by atoms with van der Waals surface area (Å²) in [6, 6.07) is 7.94. The molecule has 2 N–H and O–H groups in total. The lowest BCUT2D eigenvalue weighted by molar-refractivity contribution is 0.857. The molecule has 0 aliphatic rings. The predicted octanol–water partition coefficient (Wildman–Crippen LogP) is 3.40. The molecular formula is C14H15ClN2. The predicted molar refractivity (Wildman–Crippen MR) is 71.2 cm³/mol. The van der Waals surface area contributed by atoms with E-state index in [1.165, 1.54) is 11.1 Å². The van der Waals surface area contributed by atoms with E-state index in [2.05, 4.69) is 37.0 Å². The first-order valence-corrected chi connectivity index (χ1v) is 5.89. The van der Waals surface area contributed by atoms with Crippen LogP contribution in [-0.4, -0.2) is 4.98 Å². The van der Waals surface area contributed by atoms with E-state index in [0.717, 1.165) is 11.1 Å². The van der Waals surface area contributed by atoms with Crippen LogP contribution in [0.1, 0.15) is 28.3 Å². The summed E-state index contributed by atoms with van der Waals surface area (Å²) in [7, 11) is 0. The number of nitrogens with two attached hydrogens (primary N) is 1. The standard InChI is InChI=1S/C14H15ClN2/c1-9-3-4-10(2)12(7-9)14(16)11-5-6-17-8-13(11)15/h3-8,14H,16H2,1-2H3. The summed E-state index contributed by atoms with van der Waals surface area (Å²) in [5, 5.41) is 0.612. The monoisotopic (exact) mass is 246 g/mol. The quantitative estimate of drug-likeness (QED) is 0.882. The normalized spacial score (nSPS) is 12.5. The molecule has 0 aliphatic carbocycles. The van der Waals surface area contributed by atoms with E-state index in [9.17, 15) is 0 Å². The SMILES string of the molecule is Cc1ccc(C)c(C(N)c2ccncc2Cl)c1. The lowest BCUT2D eigenvalue weighted by atomic mass is 9.95. The van der Waals surface area contributed by atoms with E-state index in [-0.39, 0.29) is 6.04 Å². The molecule has 2 nitrogen and oxygen atoms in total. The van der Waals surface area contributed by atoms with Crippen molar-refractivity contribution in [2.24, 2.45) is 5.73 Å². The highest BCUT2D eigenvalue weighted by Gasteiger charge is 2.14. The Bertz CT molecular complexity index is 537. The number of rotatable bonds is 2. The molecule has 0 radical (unpaired) electrons. The first-order valence-electron chi connectivity index (χ1n) is 5.51. The molecule has 0 fully saturated rings. The highest BCUT2D eigenvalue weighted by atomic mass is 35.5. The largest absolute Gasteiger partial charge is 0.320 e. The number of aryl methyl sites for hydroxylation is 2. The van der Waals surface area contributed by atoms with Gasteiger partial charge in [0.05, 0.1) is 11.1 Å². The topological polar surface area (TPSA) is 38.9 Å². The maximum absolute atomic E-state index is 6.27. The molecule has 0 amide bonds.